The number of halogens is 3. The van der Waals surface area contributed by atoms with Gasteiger partial charge in [-0.1, -0.05) is 6.07 Å². The summed E-state index contributed by atoms with van der Waals surface area (Å²) in [6, 6.07) is 5.67. The summed E-state index contributed by atoms with van der Waals surface area (Å²) in [5, 5.41) is 0. The highest BCUT2D eigenvalue weighted by Crippen LogP contribution is 2.07. The van der Waals surface area contributed by atoms with E-state index in [1.807, 2.05) is 18.2 Å². The SMILES string of the molecule is Cl.ClCc1cccc(Br)n1. The number of alkyl halides is 1. The van der Waals surface area contributed by atoms with E-state index >= 15 is 0 Å². The monoisotopic (exact) mass is 241 g/mol. The minimum atomic E-state index is 0. The molecule has 0 aromatic carbocycles. The summed E-state index contributed by atoms with van der Waals surface area (Å²) < 4.78 is 0.834. The second-order valence-electron chi connectivity index (χ2n) is 1.59. The lowest BCUT2D eigenvalue weighted by Crippen LogP contribution is -1.82. The van der Waals surface area contributed by atoms with Gasteiger partial charge in [-0.3, -0.25) is 0 Å². The molecule has 0 aliphatic heterocycles. The highest BCUT2D eigenvalue weighted by atomic mass is 79.9. The van der Waals surface area contributed by atoms with Crippen molar-refractivity contribution in [1.29, 1.82) is 0 Å². The van der Waals surface area contributed by atoms with Gasteiger partial charge < -0.3 is 0 Å². The van der Waals surface area contributed by atoms with Crippen LogP contribution in [0.1, 0.15) is 5.69 Å². The fourth-order valence-electron chi connectivity index (χ4n) is 0.525. The van der Waals surface area contributed by atoms with Crippen molar-refractivity contribution in [2.24, 2.45) is 0 Å². The molecule has 0 aliphatic rings. The smallest absolute Gasteiger partial charge is 0.106 e. The zero-order valence-corrected chi connectivity index (χ0v) is 8.21. The van der Waals surface area contributed by atoms with Gasteiger partial charge in [-0.05, 0) is 28.1 Å². The second-order valence-corrected chi connectivity index (χ2v) is 2.67. The van der Waals surface area contributed by atoms with Gasteiger partial charge in [0.15, 0.2) is 0 Å². The van der Waals surface area contributed by atoms with Gasteiger partial charge >= 0.3 is 0 Å². The number of rotatable bonds is 1. The van der Waals surface area contributed by atoms with E-state index in [1.54, 1.807) is 0 Å². The fourth-order valence-corrected chi connectivity index (χ4v) is 1.05. The van der Waals surface area contributed by atoms with E-state index in [-0.39, 0.29) is 12.4 Å². The lowest BCUT2D eigenvalue weighted by atomic mass is 10.4. The zero-order valence-electron chi connectivity index (χ0n) is 5.05. The Kier molecular flexibility index (Phi) is 5.04. The van der Waals surface area contributed by atoms with Gasteiger partial charge in [0.2, 0.25) is 0 Å². The summed E-state index contributed by atoms with van der Waals surface area (Å²) in [7, 11) is 0. The van der Waals surface area contributed by atoms with Crippen molar-refractivity contribution < 1.29 is 0 Å². The number of hydrogen-bond acceptors (Lipinski definition) is 1. The van der Waals surface area contributed by atoms with Crippen LogP contribution in [0.25, 0.3) is 0 Å². The Bertz CT molecular complexity index is 205. The van der Waals surface area contributed by atoms with Crippen LogP contribution in [0.2, 0.25) is 0 Å². The van der Waals surface area contributed by atoms with Crippen molar-refractivity contribution >= 4 is 39.9 Å². The third kappa shape index (κ3) is 2.86. The van der Waals surface area contributed by atoms with E-state index < -0.39 is 0 Å². The van der Waals surface area contributed by atoms with Gasteiger partial charge in [-0.15, -0.1) is 24.0 Å². The van der Waals surface area contributed by atoms with Crippen LogP contribution in [0.5, 0.6) is 0 Å². The van der Waals surface area contributed by atoms with Gasteiger partial charge in [0.1, 0.15) is 4.60 Å². The highest BCUT2D eigenvalue weighted by molar-refractivity contribution is 9.10. The first-order chi connectivity index (χ1) is 4.33. The summed E-state index contributed by atoms with van der Waals surface area (Å²) in [6.07, 6.45) is 0. The maximum absolute atomic E-state index is 5.52. The molecule has 0 spiro atoms. The van der Waals surface area contributed by atoms with Crippen LogP contribution in [0.3, 0.4) is 0 Å². The Morgan fingerprint density at radius 3 is 2.60 bits per heavy atom. The summed E-state index contributed by atoms with van der Waals surface area (Å²) in [6.45, 7) is 0. The molecular formula is C6H6BrCl2N. The minimum absolute atomic E-state index is 0. The lowest BCUT2D eigenvalue weighted by molar-refractivity contribution is 1.14. The molecule has 56 valence electrons. The van der Waals surface area contributed by atoms with Crippen LogP contribution in [0.4, 0.5) is 0 Å². The number of nitrogens with zero attached hydrogens (tertiary/aromatic N) is 1. The first kappa shape index (κ1) is 10.2. The van der Waals surface area contributed by atoms with E-state index in [0.29, 0.717) is 5.88 Å². The Morgan fingerprint density at radius 2 is 2.20 bits per heavy atom. The van der Waals surface area contributed by atoms with Crippen LogP contribution in [0, 0.1) is 0 Å². The van der Waals surface area contributed by atoms with Crippen LogP contribution >= 0.6 is 39.9 Å². The topological polar surface area (TPSA) is 12.9 Å². The van der Waals surface area contributed by atoms with Crippen LogP contribution in [0.15, 0.2) is 22.8 Å². The zero-order chi connectivity index (χ0) is 6.69. The van der Waals surface area contributed by atoms with E-state index in [0.717, 1.165) is 10.3 Å². The van der Waals surface area contributed by atoms with Crippen molar-refractivity contribution in [3.8, 4) is 0 Å². The van der Waals surface area contributed by atoms with Crippen LogP contribution < -0.4 is 0 Å². The Hall–Kier alpha value is 0.210. The molecule has 0 bridgehead atoms. The molecule has 0 atom stereocenters. The molecule has 1 nitrogen and oxygen atoms in total. The molecule has 0 fully saturated rings. The minimum Gasteiger partial charge on any atom is -0.245 e. The Balaban J connectivity index is 0.000000810. The molecular weight excluding hydrogens is 237 g/mol. The molecule has 4 heteroatoms. The largest absolute Gasteiger partial charge is 0.245 e. The molecule has 0 saturated carbocycles. The van der Waals surface area contributed by atoms with Crippen molar-refractivity contribution in [3.05, 3.63) is 28.5 Å². The quantitative estimate of drug-likeness (QED) is 0.545. The molecule has 1 aromatic heterocycles. The highest BCUT2D eigenvalue weighted by Gasteiger charge is 1.90. The second kappa shape index (κ2) is 4.94. The molecule has 10 heavy (non-hydrogen) atoms. The van der Waals surface area contributed by atoms with Gasteiger partial charge in [-0.25, -0.2) is 4.98 Å². The molecule has 0 unspecified atom stereocenters. The summed E-state index contributed by atoms with van der Waals surface area (Å²) in [5.41, 5.74) is 0.894. The molecule has 1 aromatic rings. The Labute approximate surface area is 79.3 Å². The van der Waals surface area contributed by atoms with Crippen LogP contribution in [-0.2, 0) is 5.88 Å². The lowest BCUT2D eigenvalue weighted by Gasteiger charge is -1.92. The van der Waals surface area contributed by atoms with Crippen molar-refractivity contribution in [1.82, 2.24) is 4.98 Å². The predicted octanol–water partition coefficient (Wildman–Crippen LogP) is 3.00. The van der Waals surface area contributed by atoms with Gasteiger partial charge in [0, 0.05) is 0 Å². The van der Waals surface area contributed by atoms with Crippen molar-refractivity contribution in [3.63, 3.8) is 0 Å². The maximum Gasteiger partial charge on any atom is 0.106 e. The molecule has 0 amide bonds. The number of hydrogen-bond donors (Lipinski definition) is 0. The van der Waals surface area contributed by atoms with Crippen LogP contribution in [-0.4, -0.2) is 4.98 Å². The maximum atomic E-state index is 5.52. The van der Waals surface area contributed by atoms with E-state index in [1.165, 1.54) is 0 Å². The first-order valence-corrected chi connectivity index (χ1v) is 3.83. The summed E-state index contributed by atoms with van der Waals surface area (Å²) >= 11 is 8.75. The molecule has 0 N–H and O–H groups in total. The van der Waals surface area contributed by atoms with E-state index in [9.17, 15) is 0 Å². The van der Waals surface area contributed by atoms with Gasteiger partial charge in [0.05, 0.1) is 11.6 Å². The summed E-state index contributed by atoms with van der Waals surface area (Å²) in [4.78, 5) is 4.08. The number of aromatic nitrogens is 1. The molecule has 1 rings (SSSR count). The third-order valence-corrected chi connectivity index (χ3v) is 1.63. The molecule has 0 radical (unpaired) electrons. The Morgan fingerprint density at radius 1 is 1.50 bits per heavy atom. The third-order valence-electron chi connectivity index (χ3n) is 0.910. The molecule has 1 heterocycles. The van der Waals surface area contributed by atoms with Gasteiger partial charge in [-0.2, -0.15) is 0 Å². The molecule has 0 aliphatic carbocycles. The van der Waals surface area contributed by atoms with E-state index in [2.05, 4.69) is 20.9 Å². The van der Waals surface area contributed by atoms with Gasteiger partial charge in [0.25, 0.3) is 0 Å². The normalized spacial score (nSPS) is 8.60. The predicted molar refractivity (Wildman–Crippen MR) is 48.7 cm³/mol. The molecule has 0 saturated heterocycles. The summed E-state index contributed by atoms with van der Waals surface area (Å²) in [5.74, 6) is 0.472. The fraction of sp³-hybridized carbons (Fsp3) is 0.167. The average Bonchev–Trinajstić information content (AvgIpc) is 1.88. The first-order valence-electron chi connectivity index (χ1n) is 2.50. The van der Waals surface area contributed by atoms with Crippen molar-refractivity contribution in [2.75, 3.05) is 0 Å². The number of pyridine rings is 1. The average molecular weight is 243 g/mol. The van der Waals surface area contributed by atoms with E-state index in [4.69, 9.17) is 11.6 Å². The van der Waals surface area contributed by atoms with Crippen molar-refractivity contribution in [2.45, 2.75) is 5.88 Å². The standard InChI is InChI=1S/C6H5BrClN.ClH/c7-6-3-1-2-5(4-8)9-6;/h1-3H,4H2;1H.